The van der Waals surface area contributed by atoms with E-state index in [9.17, 15) is 0 Å². The molecule has 0 aliphatic heterocycles. The molecule has 0 bridgehead atoms. The molecule has 1 atom stereocenters. The number of aromatic nitrogens is 2. The van der Waals surface area contributed by atoms with Gasteiger partial charge in [-0.2, -0.15) is 0 Å². The van der Waals surface area contributed by atoms with Crippen molar-refractivity contribution in [1.82, 2.24) is 9.97 Å². The Morgan fingerprint density at radius 2 is 1.91 bits per heavy atom. The van der Waals surface area contributed by atoms with Gasteiger partial charge in [-0.1, -0.05) is 17.9 Å². The van der Waals surface area contributed by atoms with E-state index in [1.807, 2.05) is 44.3 Å². The number of hydrogen-bond donors (Lipinski definition) is 0. The summed E-state index contributed by atoms with van der Waals surface area (Å²) in [7, 11) is -1.77. The molecule has 4 heteroatoms. The predicted octanol–water partition coefficient (Wildman–Crippen LogP) is 3.90. The molecule has 0 aliphatic carbocycles. The Hall–Kier alpha value is -1.96. The zero-order valence-corrected chi connectivity index (χ0v) is 14.8. The largest absolute Gasteiger partial charge is 0.398 e. The minimum absolute atomic E-state index is 0.663. The Kier molecular flexibility index (Phi) is 4.80. The lowest BCUT2D eigenvalue weighted by molar-refractivity contribution is 0.143. The lowest BCUT2D eigenvalue weighted by atomic mass is 9.98. The molecule has 0 amide bonds. The Morgan fingerprint density at radius 1 is 1.14 bits per heavy atom. The molecule has 2 aromatic heterocycles. The third kappa shape index (κ3) is 4.52. The van der Waals surface area contributed by atoms with Crippen LogP contribution >= 0.6 is 0 Å². The smallest absolute Gasteiger partial charge is 0.186 e. The quantitative estimate of drug-likeness (QED) is 0.637. The second kappa shape index (κ2) is 6.43. The van der Waals surface area contributed by atoms with Crippen molar-refractivity contribution in [3.05, 3.63) is 59.7 Å². The van der Waals surface area contributed by atoms with Gasteiger partial charge in [-0.25, -0.2) is 0 Å². The summed E-state index contributed by atoms with van der Waals surface area (Å²) < 4.78 is 6.36. The maximum atomic E-state index is 6.36. The van der Waals surface area contributed by atoms with Gasteiger partial charge in [0, 0.05) is 35.4 Å². The number of hydrogen-bond acceptors (Lipinski definition) is 3. The Morgan fingerprint density at radius 3 is 2.45 bits per heavy atom. The van der Waals surface area contributed by atoms with Crippen LogP contribution < -0.4 is 0 Å². The predicted molar refractivity (Wildman–Crippen MR) is 91.9 cm³/mol. The molecule has 114 valence electrons. The fourth-order valence-corrected chi connectivity index (χ4v) is 3.54. The van der Waals surface area contributed by atoms with Crippen LogP contribution in [0.15, 0.2) is 42.9 Å². The first-order valence-electron chi connectivity index (χ1n) is 7.35. The molecule has 0 fully saturated rings. The van der Waals surface area contributed by atoms with Gasteiger partial charge < -0.3 is 4.43 Å². The van der Waals surface area contributed by atoms with E-state index >= 15 is 0 Å². The molecule has 1 unspecified atom stereocenters. The van der Waals surface area contributed by atoms with E-state index in [0.29, 0.717) is 0 Å². The molecule has 0 saturated carbocycles. The molecule has 0 N–H and O–H groups in total. The molecule has 0 saturated heterocycles. The van der Waals surface area contributed by atoms with Crippen LogP contribution in [0.1, 0.15) is 23.7 Å². The average molecular weight is 310 g/mol. The van der Waals surface area contributed by atoms with Crippen molar-refractivity contribution in [3.63, 3.8) is 0 Å². The zero-order valence-electron chi connectivity index (χ0n) is 13.8. The van der Waals surface area contributed by atoms with Crippen LogP contribution in [-0.2, 0) is 10.0 Å². The van der Waals surface area contributed by atoms with Crippen LogP contribution in [0.2, 0.25) is 19.6 Å². The summed E-state index contributed by atoms with van der Waals surface area (Å²) in [6, 6.07) is 7.86. The molecular weight excluding hydrogens is 288 g/mol. The van der Waals surface area contributed by atoms with Crippen molar-refractivity contribution in [2.45, 2.75) is 39.1 Å². The molecule has 0 aromatic carbocycles. The highest BCUT2D eigenvalue weighted by Gasteiger charge is 2.32. The van der Waals surface area contributed by atoms with E-state index in [2.05, 4.69) is 41.4 Å². The van der Waals surface area contributed by atoms with Crippen molar-refractivity contribution in [2.24, 2.45) is 0 Å². The molecular formula is C18H22N2OSi. The topological polar surface area (TPSA) is 35.0 Å². The van der Waals surface area contributed by atoms with E-state index in [4.69, 9.17) is 4.43 Å². The van der Waals surface area contributed by atoms with Crippen LogP contribution in [-0.4, -0.2) is 18.3 Å². The third-order valence-electron chi connectivity index (χ3n) is 3.08. The van der Waals surface area contributed by atoms with Gasteiger partial charge in [-0.3, -0.25) is 9.97 Å². The number of rotatable bonds is 3. The SMILES string of the molecule is Cc1ccc(C#CC(C)(O[Si](C)(C)C)c2cccnc2)cn1. The van der Waals surface area contributed by atoms with Crippen LogP contribution in [0.5, 0.6) is 0 Å². The standard InChI is InChI=1S/C18H22N2OSi/c1-15-8-9-16(13-20-15)10-11-18(2,21-22(3,4)5)17-7-6-12-19-14-17/h6-9,12-14H,1-5H3. The highest BCUT2D eigenvalue weighted by molar-refractivity contribution is 6.69. The summed E-state index contributed by atoms with van der Waals surface area (Å²) in [5.74, 6) is 6.48. The summed E-state index contributed by atoms with van der Waals surface area (Å²) in [5.41, 5.74) is 2.19. The molecule has 3 nitrogen and oxygen atoms in total. The Bertz CT molecular complexity index is 681. The first kappa shape index (κ1) is 16.4. The van der Waals surface area contributed by atoms with Crippen LogP contribution in [0.3, 0.4) is 0 Å². The first-order chi connectivity index (χ1) is 10.3. The summed E-state index contributed by atoms with van der Waals surface area (Å²) >= 11 is 0. The van der Waals surface area contributed by atoms with Crippen molar-refractivity contribution >= 4 is 8.32 Å². The Balaban J connectivity index is 2.40. The molecule has 2 aromatic rings. The molecule has 0 aliphatic rings. The van der Waals surface area contributed by atoms with E-state index in [0.717, 1.165) is 16.8 Å². The normalized spacial score (nSPS) is 13.9. The molecule has 22 heavy (non-hydrogen) atoms. The minimum Gasteiger partial charge on any atom is -0.398 e. The van der Waals surface area contributed by atoms with Crippen LogP contribution in [0.25, 0.3) is 0 Å². The van der Waals surface area contributed by atoms with Gasteiger partial charge in [0.05, 0.1) is 0 Å². The van der Waals surface area contributed by atoms with Crippen LogP contribution in [0, 0.1) is 18.8 Å². The van der Waals surface area contributed by atoms with E-state index in [1.165, 1.54) is 0 Å². The second-order valence-corrected chi connectivity index (χ2v) is 10.9. The maximum absolute atomic E-state index is 6.36. The second-order valence-electron chi connectivity index (χ2n) is 6.43. The summed E-state index contributed by atoms with van der Waals surface area (Å²) in [5, 5.41) is 0. The highest BCUT2D eigenvalue weighted by Crippen LogP contribution is 2.28. The van der Waals surface area contributed by atoms with Crippen molar-refractivity contribution < 1.29 is 4.43 Å². The number of aryl methyl sites for hydroxylation is 1. The van der Waals surface area contributed by atoms with Crippen LogP contribution in [0.4, 0.5) is 0 Å². The van der Waals surface area contributed by atoms with E-state index in [-0.39, 0.29) is 0 Å². The van der Waals surface area contributed by atoms with Gasteiger partial charge in [-0.15, -0.1) is 0 Å². The lowest BCUT2D eigenvalue weighted by Gasteiger charge is -2.32. The Labute approximate surface area is 133 Å². The van der Waals surface area contributed by atoms with Crippen molar-refractivity contribution in [3.8, 4) is 11.8 Å². The van der Waals surface area contributed by atoms with E-state index in [1.54, 1.807) is 12.4 Å². The first-order valence-corrected chi connectivity index (χ1v) is 10.8. The molecule has 0 spiro atoms. The van der Waals surface area contributed by atoms with Gasteiger partial charge in [0.15, 0.2) is 8.32 Å². The van der Waals surface area contributed by atoms with Gasteiger partial charge in [-0.05, 0) is 51.7 Å². The number of pyridine rings is 2. The highest BCUT2D eigenvalue weighted by atomic mass is 28.4. The third-order valence-corrected chi connectivity index (χ3v) is 4.10. The monoisotopic (exact) mass is 310 g/mol. The molecule has 2 rings (SSSR count). The van der Waals surface area contributed by atoms with Gasteiger partial charge in [0.25, 0.3) is 0 Å². The zero-order chi connectivity index (χ0) is 16.2. The van der Waals surface area contributed by atoms with Crippen molar-refractivity contribution in [2.75, 3.05) is 0 Å². The summed E-state index contributed by atoms with van der Waals surface area (Å²) in [6.07, 6.45) is 5.37. The fourth-order valence-electron chi connectivity index (χ4n) is 2.15. The average Bonchev–Trinajstić information content (AvgIpc) is 2.46. The van der Waals surface area contributed by atoms with Gasteiger partial charge in [0.2, 0.25) is 0 Å². The van der Waals surface area contributed by atoms with Crippen molar-refractivity contribution in [1.29, 1.82) is 0 Å². The van der Waals surface area contributed by atoms with E-state index < -0.39 is 13.9 Å². The minimum atomic E-state index is -1.77. The summed E-state index contributed by atoms with van der Waals surface area (Å²) in [4.78, 5) is 8.48. The fraction of sp³-hybridized carbons (Fsp3) is 0.333. The lowest BCUT2D eigenvalue weighted by Crippen LogP contribution is -2.37. The number of nitrogens with zero attached hydrogens (tertiary/aromatic N) is 2. The van der Waals surface area contributed by atoms with Gasteiger partial charge in [0.1, 0.15) is 5.60 Å². The molecule has 2 heterocycles. The maximum Gasteiger partial charge on any atom is 0.186 e. The molecule has 0 radical (unpaired) electrons. The summed E-state index contributed by atoms with van der Waals surface area (Å²) in [6.45, 7) is 10.5. The van der Waals surface area contributed by atoms with Gasteiger partial charge >= 0.3 is 0 Å².